The van der Waals surface area contributed by atoms with Crippen molar-refractivity contribution in [1.82, 2.24) is 14.8 Å². The maximum Gasteiger partial charge on any atom is 0.0915 e. The Morgan fingerprint density at radius 2 is 1.93 bits per heavy atom. The van der Waals surface area contributed by atoms with Gasteiger partial charge in [0.05, 0.1) is 17.6 Å². The number of hydrogen-bond acceptors (Lipinski definition) is 1. The largest absolute Gasteiger partial charge is 0.300 e. The molecule has 0 amide bonds. The van der Waals surface area contributed by atoms with Crippen LogP contribution in [0.2, 0.25) is 0 Å². The Labute approximate surface area is 81.3 Å². The molecule has 0 aliphatic carbocycles. The summed E-state index contributed by atoms with van der Waals surface area (Å²) in [6.07, 6.45) is 5.67. The van der Waals surface area contributed by atoms with Crippen LogP contribution in [-0.2, 0) is 0 Å². The summed E-state index contributed by atoms with van der Waals surface area (Å²) in [7, 11) is 0. The van der Waals surface area contributed by atoms with Crippen molar-refractivity contribution in [3.05, 3.63) is 48.9 Å². The number of fused-ring (bicyclic) bond motifs is 1. The van der Waals surface area contributed by atoms with E-state index in [1.165, 1.54) is 0 Å². The molecule has 0 spiro atoms. The highest BCUT2D eigenvalue weighted by molar-refractivity contribution is 5.61. The second-order valence-corrected chi connectivity index (χ2v) is 3.19. The lowest BCUT2D eigenvalue weighted by molar-refractivity contribution is 0.890. The molecular formula is C11H9N3. The molecule has 0 aromatic heterocycles. The van der Waals surface area contributed by atoms with Gasteiger partial charge < -0.3 is 5.10 Å². The zero-order valence-electron chi connectivity index (χ0n) is 7.51. The first-order valence-corrected chi connectivity index (χ1v) is 4.50. The molecule has 0 radical (unpaired) electrons. The molecule has 1 N–H and O–H groups in total. The standard InChI is InChI=1S/C11H9N3/c1-2-4-10(5-3-1)14-11-8-12-6-9(11)7-13-14/h1-8,13H. The predicted molar refractivity (Wildman–Crippen MR) is 54.5 cm³/mol. The highest BCUT2D eigenvalue weighted by Crippen LogP contribution is 2.23. The van der Waals surface area contributed by atoms with Crippen molar-refractivity contribution in [3.8, 4) is 16.9 Å². The number of H-pyrrole nitrogens is 1. The number of hydrogen-bond donors (Lipinski definition) is 1. The third-order valence-corrected chi connectivity index (χ3v) is 2.31. The highest BCUT2D eigenvalue weighted by Gasteiger charge is 2.09. The van der Waals surface area contributed by atoms with Gasteiger partial charge in [0.1, 0.15) is 0 Å². The zero-order valence-corrected chi connectivity index (χ0v) is 7.51. The quantitative estimate of drug-likeness (QED) is 0.617. The molecule has 1 aromatic rings. The lowest BCUT2D eigenvalue weighted by atomic mass is 10.3. The number of aromatic amines is 1. The molecule has 0 bridgehead atoms. The minimum absolute atomic E-state index is 1.11. The molecule has 2 heterocycles. The van der Waals surface area contributed by atoms with Gasteiger partial charge in [0.25, 0.3) is 0 Å². The SMILES string of the molecule is c1ccc(-n2[nH]cc3cncc2-3)cc1. The van der Waals surface area contributed by atoms with E-state index < -0.39 is 0 Å². The predicted octanol–water partition coefficient (Wildman–Crippen LogP) is 2.31. The fourth-order valence-corrected chi connectivity index (χ4v) is 1.62. The number of rotatable bonds is 1. The second-order valence-electron chi connectivity index (χ2n) is 3.19. The maximum absolute atomic E-state index is 4.11. The van der Waals surface area contributed by atoms with Gasteiger partial charge in [0.15, 0.2) is 0 Å². The zero-order chi connectivity index (χ0) is 9.38. The number of nitrogens with zero attached hydrogens (tertiary/aromatic N) is 2. The van der Waals surface area contributed by atoms with Gasteiger partial charge in [0.2, 0.25) is 0 Å². The van der Waals surface area contributed by atoms with Crippen molar-refractivity contribution in [1.29, 1.82) is 0 Å². The molecule has 3 nitrogen and oxygen atoms in total. The topological polar surface area (TPSA) is 33.6 Å². The molecule has 2 aliphatic rings. The number of nitrogens with one attached hydrogen (secondary N) is 1. The van der Waals surface area contributed by atoms with Crippen LogP contribution in [0.5, 0.6) is 0 Å². The van der Waals surface area contributed by atoms with E-state index in [9.17, 15) is 0 Å². The molecule has 68 valence electrons. The van der Waals surface area contributed by atoms with Gasteiger partial charge in [-0.2, -0.15) is 0 Å². The molecule has 0 fully saturated rings. The monoisotopic (exact) mass is 183 g/mol. The Kier molecular flexibility index (Phi) is 1.44. The third kappa shape index (κ3) is 0.956. The van der Waals surface area contributed by atoms with Crippen LogP contribution in [0.3, 0.4) is 0 Å². The first kappa shape index (κ1) is 7.38. The summed E-state index contributed by atoms with van der Waals surface area (Å²) in [4.78, 5) is 4.11. The molecule has 3 rings (SSSR count). The van der Waals surface area contributed by atoms with E-state index in [1.807, 2.05) is 41.5 Å². The Morgan fingerprint density at radius 1 is 1.07 bits per heavy atom. The van der Waals surface area contributed by atoms with Crippen molar-refractivity contribution in [2.45, 2.75) is 0 Å². The van der Waals surface area contributed by atoms with E-state index in [0.29, 0.717) is 0 Å². The van der Waals surface area contributed by atoms with Crippen LogP contribution in [0.1, 0.15) is 0 Å². The van der Waals surface area contributed by atoms with Gasteiger partial charge in [-0.15, -0.1) is 0 Å². The van der Waals surface area contributed by atoms with Crippen molar-refractivity contribution >= 4 is 0 Å². The van der Waals surface area contributed by atoms with Crippen LogP contribution in [0.4, 0.5) is 0 Å². The fourth-order valence-electron chi connectivity index (χ4n) is 1.62. The molecule has 1 aromatic carbocycles. The Balaban J connectivity index is 2.21. The van der Waals surface area contributed by atoms with E-state index in [0.717, 1.165) is 16.9 Å². The van der Waals surface area contributed by atoms with Crippen LogP contribution in [0.25, 0.3) is 16.9 Å². The van der Waals surface area contributed by atoms with E-state index in [-0.39, 0.29) is 0 Å². The maximum atomic E-state index is 4.11. The Morgan fingerprint density at radius 3 is 2.79 bits per heavy atom. The van der Waals surface area contributed by atoms with Crippen LogP contribution in [0, 0.1) is 0 Å². The summed E-state index contributed by atoms with van der Waals surface area (Å²) in [5.41, 5.74) is 3.36. The molecule has 0 saturated carbocycles. The first-order valence-electron chi connectivity index (χ1n) is 4.50. The minimum atomic E-state index is 1.11. The van der Waals surface area contributed by atoms with Crippen LogP contribution in [-0.4, -0.2) is 14.8 Å². The van der Waals surface area contributed by atoms with Gasteiger partial charge in [-0.3, -0.25) is 9.67 Å². The summed E-state index contributed by atoms with van der Waals surface area (Å²) < 4.78 is 2.02. The van der Waals surface area contributed by atoms with Crippen molar-refractivity contribution in [2.75, 3.05) is 0 Å². The Hall–Kier alpha value is -2.03. The Bertz CT molecular complexity index is 507. The normalized spacial score (nSPS) is 10.9. The van der Waals surface area contributed by atoms with E-state index >= 15 is 0 Å². The highest BCUT2D eigenvalue weighted by atomic mass is 15.3. The third-order valence-electron chi connectivity index (χ3n) is 2.31. The smallest absolute Gasteiger partial charge is 0.0915 e. The number of benzene rings is 1. The summed E-state index contributed by atoms with van der Waals surface area (Å²) in [6.45, 7) is 0. The number of aromatic nitrogens is 3. The van der Waals surface area contributed by atoms with E-state index in [4.69, 9.17) is 0 Å². The van der Waals surface area contributed by atoms with Crippen molar-refractivity contribution in [3.63, 3.8) is 0 Å². The average Bonchev–Trinajstić information content (AvgIpc) is 2.79. The molecular weight excluding hydrogens is 174 g/mol. The van der Waals surface area contributed by atoms with Crippen molar-refractivity contribution < 1.29 is 0 Å². The van der Waals surface area contributed by atoms with Gasteiger partial charge in [-0.1, -0.05) is 18.2 Å². The fraction of sp³-hybridized carbons (Fsp3) is 0. The van der Waals surface area contributed by atoms with Crippen LogP contribution < -0.4 is 0 Å². The lowest BCUT2D eigenvalue weighted by Gasteiger charge is -2.03. The molecule has 14 heavy (non-hydrogen) atoms. The van der Waals surface area contributed by atoms with Crippen LogP contribution >= 0.6 is 0 Å². The van der Waals surface area contributed by atoms with Gasteiger partial charge in [-0.25, -0.2) is 0 Å². The molecule has 2 aliphatic heterocycles. The average molecular weight is 183 g/mol. The summed E-state index contributed by atoms with van der Waals surface area (Å²) in [6, 6.07) is 10.2. The second kappa shape index (κ2) is 2.73. The van der Waals surface area contributed by atoms with Gasteiger partial charge in [-0.05, 0) is 12.1 Å². The summed E-state index contributed by atoms with van der Waals surface area (Å²) in [5, 5.41) is 3.19. The minimum Gasteiger partial charge on any atom is -0.300 e. The van der Waals surface area contributed by atoms with E-state index in [1.54, 1.807) is 0 Å². The van der Waals surface area contributed by atoms with E-state index in [2.05, 4.69) is 22.2 Å². The first-order chi connectivity index (χ1) is 6.95. The van der Waals surface area contributed by atoms with Crippen LogP contribution in [0.15, 0.2) is 48.9 Å². The summed E-state index contributed by atoms with van der Waals surface area (Å²) >= 11 is 0. The molecule has 0 saturated heterocycles. The lowest BCUT2D eigenvalue weighted by Crippen LogP contribution is -1.95. The van der Waals surface area contributed by atoms with Crippen molar-refractivity contribution in [2.24, 2.45) is 0 Å². The molecule has 0 atom stereocenters. The van der Waals surface area contributed by atoms with Gasteiger partial charge >= 0.3 is 0 Å². The number of para-hydroxylation sites is 1. The molecule has 3 heteroatoms. The molecule has 0 unspecified atom stereocenters. The summed E-state index contributed by atoms with van der Waals surface area (Å²) in [5.74, 6) is 0. The van der Waals surface area contributed by atoms with Gasteiger partial charge in [0, 0.05) is 18.0 Å².